The monoisotopic (exact) mass is 382 g/mol. The molecule has 1 aliphatic carbocycles. The minimum atomic E-state index is -3.48. The van der Waals surface area contributed by atoms with E-state index in [9.17, 15) is 18.0 Å². The summed E-state index contributed by atoms with van der Waals surface area (Å²) in [5.41, 5.74) is 0.874. The van der Waals surface area contributed by atoms with Crippen molar-refractivity contribution in [2.45, 2.75) is 44.6 Å². The van der Waals surface area contributed by atoms with Crippen molar-refractivity contribution in [3.8, 4) is 0 Å². The maximum Gasteiger partial charge on any atom is 0.337 e. The fourth-order valence-corrected chi connectivity index (χ4v) is 4.32. The van der Waals surface area contributed by atoms with Crippen LogP contribution in [0.2, 0.25) is 0 Å². The summed E-state index contributed by atoms with van der Waals surface area (Å²) in [7, 11) is -2.18. The van der Waals surface area contributed by atoms with E-state index in [1.165, 1.54) is 11.4 Å². The Morgan fingerprint density at radius 1 is 1.12 bits per heavy atom. The molecule has 1 amide bonds. The van der Waals surface area contributed by atoms with Gasteiger partial charge in [-0.3, -0.25) is 4.79 Å². The number of nitrogens with zero attached hydrogens (tertiary/aromatic N) is 1. The number of methoxy groups -OCH3 is 1. The first-order chi connectivity index (χ1) is 12.3. The van der Waals surface area contributed by atoms with Crippen molar-refractivity contribution < 1.29 is 22.7 Å². The first-order valence-corrected chi connectivity index (χ1v) is 10.6. The minimum absolute atomic E-state index is 0.125. The number of carbonyl (C=O) groups excluding carboxylic acids is 2. The molecule has 0 spiro atoms. The molecule has 0 aliphatic heterocycles. The number of rotatable bonds is 6. The van der Waals surface area contributed by atoms with E-state index in [2.05, 4.69) is 10.1 Å². The Bertz CT molecular complexity index is 722. The summed E-state index contributed by atoms with van der Waals surface area (Å²) in [6.45, 7) is -0.206. The predicted octanol–water partition coefficient (Wildman–Crippen LogP) is 2.40. The van der Waals surface area contributed by atoms with Gasteiger partial charge in [-0.25, -0.2) is 13.2 Å². The molecule has 144 valence electrons. The van der Waals surface area contributed by atoms with Crippen molar-refractivity contribution in [3.05, 3.63) is 29.8 Å². The molecule has 1 saturated carbocycles. The van der Waals surface area contributed by atoms with E-state index in [1.807, 2.05) is 0 Å². The molecule has 2 rings (SSSR count). The van der Waals surface area contributed by atoms with Gasteiger partial charge in [0.05, 0.1) is 25.5 Å². The number of ether oxygens (including phenoxy) is 1. The van der Waals surface area contributed by atoms with Crippen LogP contribution in [0.4, 0.5) is 5.69 Å². The lowest BCUT2D eigenvalue weighted by molar-refractivity contribution is -0.116. The summed E-state index contributed by atoms with van der Waals surface area (Å²) in [6.07, 6.45) is 6.89. The Kier molecular flexibility index (Phi) is 7.16. The smallest absolute Gasteiger partial charge is 0.337 e. The second kappa shape index (κ2) is 9.14. The molecule has 0 aromatic heterocycles. The fraction of sp³-hybridized carbons (Fsp3) is 0.556. The van der Waals surface area contributed by atoms with Crippen molar-refractivity contribution in [1.29, 1.82) is 0 Å². The quantitative estimate of drug-likeness (QED) is 0.602. The van der Waals surface area contributed by atoms with Crippen LogP contribution in [0.1, 0.15) is 48.9 Å². The second-order valence-corrected chi connectivity index (χ2v) is 8.51. The Morgan fingerprint density at radius 3 is 2.19 bits per heavy atom. The topological polar surface area (TPSA) is 92.8 Å². The summed E-state index contributed by atoms with van der Waals surface area (Å²) in [5.74, 6) is -0.856. The third-order valence-electron chi connectivity index (χ3n) is 4.55. The number of amides is 1. The molecular formula is C18H26N2O5S. The van der Waals surface area contributed by atoms with Crippen LogP contribution in [-0.2, 0) is 19.6 Å². The van der Waals surface area contributed by atoms with Gasteiger partial charge in [-0.15, -0.1) is 0 Å². The standard InChI is InChI=1S/C18H26N2O5S/c1-25-18(22)14-9-11-15(12-10-14)19-17(21)13-20(26(2,23)24)16-7-5-3-4-6-8-16/h9-12,16H,3-8,13H2,1-2H3,(H,19,21). The molecule has 26 heavy (non-hydrogen) atoms. The van der Waals surface area contributed by atoms with Crippen LogP contribution in [0.25, 0.3) is 0 Å². The number of anilines is 1. The summed E-state index contributed by atoms with van der Waals surface area (Å²) in [6, 6.07) is 6.13. The number of sulfonamides is 1. The highest BCUT2D eigenvalue weighted by molar-refractivity contribution is 7.88. The van der Waals surface area contributed by atoms with Gasteiger partial charge in [0, 0.05) is 11.7 Å². The highest BCUT2D eigenvalue weighted by Gasteiger charge is 2.29. The van der Waals surface area contributed by atoms with Gasteiger partial charge in [0.25, 0.3) is 0 Å². The van der Waals surface area contributed by atoms with E-state index < -0.39 is 21.9 Å². The molecule has 0 radical (unpaired) electrons. The average molecular weight is 382 g/mol. The van der Waals surface area contributed by atoms with Crippen molar-refractivity contribution in [1.82, 2.24) is 4.31 Å². The lowest BCUT2D eigenvalue weighted by atomic mass is 10.1. The Balaban J connectivity index is 2.03. The van der Waals surface area contributed by atoms with Gasteiger partial charge in [0.1, 0.15) is 0 Å². The highest BCUT2D eigenvalue weighted by Crippen LogP contribution is 2.23. The molecule has 1 fully saturated rings. The maximum atomic E-state index is 12.4. The molecule has 1 aromatic rings. The Morgan fingerprint density at radius 2 is 1.69 bits per heavy atom. The van der Waals surface area contributed by atoms with Gasteiger partial charge in [-0.1, -0.05) is 25.7 Å². The summed E-state index contributed by atoms with van der Waals surface area (Å²) in [4.78, 5) is 23.8. The molecule has 8 heteroatoms. The number of carbonyl (C=O) groups is 2. The molecular weight excluding hydrogens is 356 g/mol. The third kappa shape index (κ3) is 5.81. The molecule has 0 unspecified atom stereocenters. The van der Waals surface area contributed by atoms with Gasteiger partial charge < -0.3 is 10.1 Å². The first-order valence-electron chi connectivity index (χ1n) is 8.76. The number of nitrogens with one attached hydrogen (secondary N) is 1. The van der Waals surface area contributed by atoms with Gasteiger partial charge in [-0.2, -0.15) is 4.31 Å². The summed E-state index contributed by atoms with van der Waals surface area (Å²) in [5, 5.41) is 2.69. The zero-order valence-electron chi connectivity index (χ0n) is 15.2. The van der Waals surface area contributed by atoms with E-state index in [0.717, 1.165) is 44.8 Å². The third-order valence-corrected chi connectivity index (χ3v) is 5.83. The van der Waals surface area contributed by atoms with E-state index in [1.54, 1.807) is 24.3 Å². The Labute approximate surface area is 154 Å². The van der Waals surface area contributed by atoms with Crippen LogP contribution in [0, 0.1) is 0 Å². The second-order valence-electron chi connectivity index (χ2n) is 6.57. The lowest BCUT2D eigenvalue weighted by Crippen LogP contribution is -2.44. The molecule has 0 bridgehead atoms. The molecule has 1 aromatic carbocycles. The minimum Gasteiger partial charge on any atom is -0.465 e. The van der Waals surface area contributed by atoms with Gasteiger partial charge in [0.15, 0.2) is 0 Å². The van der Waals surface area contributed by atoms with Crippen LogP contribution in [0.15, 0.2) is 24.3 Å². The molecule has 0 saturated heterocycles. The zero-order chi connectivity index (χ0) is 19.2. The number of esters is 1. The zero-order valence-corrected chi connectivity index (χ0v) is 16.0. The fourth-order valence-electron chi connectivity index (χ4n) is 3.21. The first kappa shape index (κ1) is 20.4. The van der Waals surface area contributed by atoms with E-state index in [0.29, 0.717) is 11.3 Å². The van der Waals surface area contributed by atoms with Crippen molar-refractivity contribution >= 4 is 27.6 Å². The van der Waals surface area contributed by atoms with Crippen molar-refractivity contribution in [2.24, 2.45) is 0 Å². The number of hydrogen-bond donors (Lipinski definition) is 1. The maximum absolute atomic E-state index is 12.4. The van der Waals surface area contributed by atoms with Crippen LogP contribution < -0.4 is 5.32 Å². The number of hydrogen-bond acceptors (Lipinski definition) is 5. The van der Waals surface area contributed by atoms with E-state index >= 15 is 0 Å². The molecule has 1 aliphatic rings. The summed E-state index contributed by atoms with van der Waals surface area (Å²) >= 11 is 0. The average Bonchev–Trinajstić information content (AvgIpc) is 2.87. The van der Waals surface area contributed by atoms with Gasteiger partial charge in [0.2, 0.25) is 15.9 Å². The SMILES string of the molecule is COC(=O)c1ccc(NC(=O)CN(C2CCCCCC2)S(C)(=O)=O)cc1. The van der Waals surface area contributed by atoms with Crippen LogP contribution in [0.5, 0.6) is 0 Å². The Hall–Kier alpha value is -1.93. The number of benzene rings is 1. The van der Waals surface area contributed by atoms with E-state index in [-0.39, 0.29) is 12.6 Å². The highest BCUT2D eigenvalue weighted by atomic mass is 32.2. The van der Waals surface area contributed by atoms with Gasteiger partial charge in [-0.05, 0) is 37.1 Å². The van der Waals surface area contributed by atoms with Crippen LogP contribution >= 0.6 is 0 Å². The predicted molar refractivity (Wildman–Crippen MR) is 99.5 cm³/mol. The molecule has 0 heterocycles. The van der Waals surface area contributed by atoms with Crippen molar-refractivity contribution in [3.63, 3.8) is 0 Å². The summed E-state index contributed by atoms with van der Waals surface area (Å²) < 4.78 is 30.3. The van der Waals surface area contributed by atoms with Crippen LogP contribution in [-0.4, -0.2) is 50.6 Å². The molecule has 1 N–H and O–H groups in total. The van der Waals surface area contributed by atoms with Crippen LogP contribution in [0.3, 0.4) is 0 Å². The molecule has 0 atom stereocenters. The lowest BCUT2D eigenvalue weighted by Gasteiger charge is -2.28. The van der Waals surface area contributed by atoms with Gasteiger partial charge >= 0.3 is 5.97 Å². The van der Waals surface area contributed by atoms with Crippen molar-refractivity contribution in [2.75, 3.05) is 25.2 Å². The normalized spacial score (nSPS) is 16.1. The molecule has 7 nitrogen and oxygen atoms in total. The van der Waals surface area contributed by atoms with E-state index in [4.69, 9.17) is 0 Å². The largest absolute Gasteiger partial charge is 0.465 e.